The standard InChI is InChI=1S/C27H50O4/c1-10-14-26(15-11-2,19-21(5)6)30-24(28)18-23(9)25(29)31-27(16-12-3,17-13-4)20-22(7)8/h21-22H,9-20H2,1-8H3. The number of hydrogen-bond donors (Lipinski definition) is 0. The maximum Gasteiger partial charge on any atom is 0.334 e. The molecule has 31 heavy (non-hydrogen) atoms. The van der Waals surface area contributed by atoms with Crippen LogP contribution in [0.3, 0.4) is 0 Å². The van der Waals surface area contributed by atoms with E-state index in [1.54, 1.807) is 0 Å². The maximum absolute atomic E-state index is 12.9. The van der Waals surface area contributed by atoms with Gasteiger partial charge in [-0.2, -0.15) is 0 Å². The van der Waals surface area contributed by atoms with Crippen molar-refractivity contribution in [2.45, 2.75) is 137 Å². The van der Waals surface area contributed by atoms with Gasteiger partial charge in [-0.25, -0.2) is 4.79 Å². The average molecular weight is 439 g/mol. The van der Waals surface area contributed by atoms with Crippen LogP contribution in [-0.2, 0) is 19.1 Å². The van der Waals surface area contributed by atoms with Gasteiger partial charge in [0.25, 0.3) is 0 Å². The van der Waals surface area contributed by atoms with Crippen LogP contribution in [-0.4, -0.2) is 23.1 Å². The molecule has 4 nitrogen and oxygen atoms in total. The maximum atomic E-state index is 12.9. The van der Waals surface area contributed by atoms with E-state index in [2.05, 4.69) is 62.0 Å². The number of carbonyl (C=O) groups excluding carboxylic acids is 2. The van der Waals surface area contributed by atoms with Crippen molar-refractivity contribution in [3.63, 3.8) is 0 Å². The van der Waals surface area contributed by atoms with Gasteiger partial charge in [-0.1, -0.05) is 87.7 Å². The Bertz CT molecular complexity index is 535. The largest absolute Gasteiger partial charge is 0.459 e. The fourth-order valence-electron chi connectivity index (χ4n) is 5.05. The van der Waals surface area contributed by atoms with Crippen molar-refractivity contribution in [3.05, 3.63) is 12.2 Å². The molecule has 0 aromatic rings. The van der Waals surface area contributed by atoms with Crippen molar-refractivity contribution in [1.29, 1.82) is 0 Å². The van der Waals surface area contributed by atoms with Crippen molar-refractivity contribution in [2.24, 2.45) is 11.8 Å². The highest BCUT2D eigenvalue weighted by molar-refractivity contribution is 5.93. The molecule has 0 aliphatic rings. The third kappa shape index (κ3) is 11.2. The summed E-state index contributed by atoms with van der Waals surface area (Å²) in [5.41, 5.74) is -0.741. The summed E-state index contributed by atoms with van der Waals surface area (Å²) in [6.07, 6.45) is 8.68. The molecule has 0 spiro atoms. The molecule has 0 aromatic heterocycles. The van der Waals surface area contributed by atoms with Gasteiger partial charge in [0.1, 0.15) is 11.2 Å². The smallest absolute Gasteiger partial charge is 0.334 e. The van der Waals surface area contributed by atoms with E-state index >= 15 is 0 Å². The first-order valence-electron chi connectivity index (χ1n) is 12.6. The third-order valence-electron chi connectivity index (χ3n) is 5.67. The molecular weight excluding hydrogens is 388 g/mol. The van der Waals surface area contributed by atoms with Gasteiger partial charge in [-0.15, -0.1) is 0 Å². The Morgan fingerprint density at radius 3 is 1.39 bits per heavy atom. The number of hydrogen-bond acceptors (Lipinski definition) is 4. The van der Waals surface area contributed by atoms with E-state index in [4.69, 9.17) is 9.47 Å². The molecule has 0 aliphatic carbocycles. The van der Waals surface area contributed by atoms with Gasteiger partial charge < -0.3 is 9.47 Å². The topological polar surface area (TPSA) is 52.6 Å². The lowest BCUT2D eigenvalue weighted by Gasteiger charge is -2.36. The van der Waals surface area contributed by atoms with Crippen LogP contribution in [0.4, 0.5) is 0 Å². The van der Waals surface area contributed by atoms with Gasteiger partial charge in [0.15, 0.2) is 0 Å². The number of esters is 2. The lowest BCUT2D eigenvalue weighted by atomic mass is 9.84. The molecule has 0 aliphatic heterocycles. The zero-order chi connectivity index (χ0) is 24.1. The first-order valence-corrected chi connectivity index (χ1v) is 12.6. The zero-order valence-corrected chi connectivity index (χ0v) is 21.8. The molecule has 0 N–H and O–H groups in total. The fourth-order valence-corrected chi connectivity index (χ4v) is 5.05. The monoisotopic (exact) mass is 438 g/mol. The predicted octanol–water partition coefficient (Wildman–Crippen LogP) is 7.79. The molecule has 0 bridgehead atoms. The summed E-state index contributed by atoms with van der Waals surface area (Å²) in [6.45, 7) is 20.9. The van der Waals surface area contributed by atoms with Crippen molar-refractivity contribution < 1.29 is 19.1 Å². The number of ether oxygens (including phenoxy) is 2. The quantitative estimate of drug-likeness (QED) is 0.172. The van der Waals surface area contributed by atoms with Crippen molar-refractivity contribution in [1.82, 2.24) is 0 Å². The second kappa shape index (κ2) is 14.7. The molecule has 0 rings (SSSR count). The second-order valence-electron chi connectivity index (χ2n) is 10.2. The summed E-state index contributed by atoms with van der Waals surface area (Å²) in [5, 5.41) is 0. The van der Waals surface area contributed by atoms with E-state index < -0.39 is 17.2 Å². The Hall–Kier alpha value is -1.32. The van der Waals surface area contributed by atoms with E-state index in [1.165, 1.54) is 0 Å². The van der Waals surface area contributed by atoms with Crippen LogP contribution in [0.25, 0.3) is 0 Å². The number of carbonyl (C=O) groups is 2. The summed E-state index contributed by atoms with van der Waals surface area (Å²) in [7, 11) is 0. The molecule has 0 radical (unpaired) electrons. The van der Waals surface area contributed by atoms with E-state index in [9.17, 15) is 9.59 Å². The van der Waals surface area contributed by atoms with Crippen molar-refractivity contribution in [3.8, 4) is 0 Å². The summed E-state index contributed by atoms with van der Waals surface area (Å²) in [5.74, 6) is 0.0209. The molecule has 0 aromatic carbocycles. The van der Waals surface area contributed by atoms with Gasteiger partial charge in [-0.05, 0) is 50.4 Å². The van der Waals surface area contributed by atoms with Crippen LogP contribution < -0.4 is 0 Å². The molecule has 0 heterocycles. The number of rotatable bonds is 17. The Labute approximate surface area is 192 Å². The summed E-state index contributed by atoms with van der Waals surface area (Å²) in [4.78, 5) is 25.7. The molecule has 0 atom stereocenters. The van der Waals surface area contributed by atoms with Gasteiger partial charge in [0, 0.05) is 5.57 Å². The van der Waals surface area contributed by atoms with Crippen LogP contribution >= 0.6 is 0 Å². The molecular formula is C27H50O4. The normalized spacial score (nSPS) is 12.3. The Kier molecular flexibility index (Phi) is 14.1. The zero-order valence-electron chi connectivity index (χ0n) is 21.8. The molecule has 0 unspecified atom stereocenters. The minimum Gasteiger partial charge on any atom is -0.459 e. The van der Waals surface area contributed by atoms with Crippen LogP contribution in [0.5, 0.6) is 0 Å². The first kappa shape index (κ1) is 29.7. The van der Waals surface area contributed by atoms with Crippen molar-refractivity contribution in [2.75, 3.05) is 0 Å². The first-order chi connectivity index (χ1) is 14.5. The van der Waals surface area contributed by atoms with Gasteiger partial charge >= 0.3 is 11.9 Å². The minimum absolute atomic E-state index is 0.109. The molecule has 182 valence electrons. The molecule has 0 saturated heterocycles. The molecule has 0 fully saturated rings. The van der Waals surface area contributed by atoms with Crippen molar-refractivity contribution >= 4 is 11.9 Å². The highest BCUT2D eigenvalue weighted by Crippen LogP contribution is 2.34. The minimum atomic E-state index is -0.479. The molecule has 0 saturated carbocycles. The Balaban J connectivity index is 5.31. The van der Waals surface area contributed by atoms with E-state index in [0.29, 0.717) is 11.8 Å². The third-order valence-corrected chi connectivity index (χ3v) is 5.67. The van der Waals surface area contributed by atoms with Gasteiger partial charge in [0.05, 0.1) is 6.42 Å². The Morgan fingerprint density at radius 2 is 1.06 bits per heavy atom. The van der Waals surface area contributed by atoms with Crippen LogP contribution in [0.2, 0.25) is 0 Å². The lowest BCUT2D eigenvalue weighted by molar-refractivity contribution is -0.166. The van der Waals surface area contributed by atoms with Gasteiger partial charge in [-0.3, -0.25) is 4.79 Å². The highest BCUT2D eigenvalue weighted by atomic mass is 16.6. The highest BCUT2D eigenvalue weighted by Gasteiger charge is 2.36. The van der Waals surface area contributed by atoms with E-state index in [0.717, 1.165) is 64.2 Å². The second-order valence-corrected chi connectivity index (χ2v) is 10.2. The fraction of sp³-hybridized carbons (Fsp3) is 0.852. The van der Waals surface area contributed by atoms with Crippen LogP contribution in [0.15, 0.2) is 12.2 Å². The molecule has 0 amide bonds. The summed E-state index contributed by atoms with van der Waals surface area (Å²) >= 11 is 0. The van der Waals surface area contributed by atoms with Gasteiger partial charge in [0.2, 0.25) is 0 Å². The molecule has 4 heteroatoms. The van der Waals surface area contributed by atoms with E-state index in [-0.39, 0.29) is 18.0 Å². The summed E-state index contributed by atoms with van der Waals surface area (Å²) in [6, 6.07) is 0. The summed E-state index contributed by atoms with van der Waals surface area (Å²) < 4.78 is 12.1. The van der Waals surface area contributed by atoms with E-state index in [1.807, 2.05) is 0 Å². The van der Waals surface area contributed by atoms with Crippen LogP contribution in [0, 0.1) is 11.8 Å². The Morgan fingerprint density at radius 1 is 0.710 bits per heavy atom. The predicted molar refractivity (Wildman–Crippen MR) is 130 cm³/mol. The average Bonchev–Trinajstić information content (AvgIpc) is 2.60. The SMILES string of the molecule is C=C(CC(=O)OC(CCC)(CCC)CC(C)C)C(=O)OC(CCC)(CCC)CC(C)C. The lowest BCUT2D eigenvalue weighted by Crippen LogP contribution is -2.38. The van der Waals surface area contributed by atoms with Crippen LogP contribution in [0.1, 0.15) is 126 Å².